The molecule has 0 radical (unpaired) electrons. The van der Waals surface area contributed by atoms with Gasteiger partial charge in [0, 0.05) is 11.6 Å². The van der Waals surface area contributed by atoms with Crippen molar-refractivity contribution in [3.8, 4) is 11.5 Å². The van der Waals surface area contributed by atoms with Gasteiger partial charge in [0.1, 0.15) is 5.75 Å². The summed E-state index contributed by atoms with van der Waals surface area (Å²) in [6.07, 6.45) is 1.49. The van der Waals surface area contributed by atoms with E-state index in [9.17, 15) is 14.9 Å². The lowest BCUT2D eigenvalue weighted by atomic mass is 10.0. The van der Waals surface area contributed by atoms with E-state index in [4.69, 9.17) is 9.47 Å². The average Bonchev–Trinajstić information content (AvgIpc) is 2.72. The number of amides is 1. The van der Waals surface area contributed by atoms with E-state index in [2.05, 4.69) is 10.5 Å². The number of hydrazone groups is 1. The van der Waals surface area contributed by atoms with Gasteiger partial charge in [0.15, 0.2) is 12.4 Å². The highest BCUT2D eigenvalue weighted by Gasteiger charge is 2.14. The zero-order valence-corrected chi connectivity index (χ0v) is 15.0. The fourth-order valence-electron chi connectivity index (χ4n) is 2.66. The molecule has 0 aliphatic carbocycles. The molecule has 0 saturated carbocycles. The maximum atomic E-state index is 12.0. The number of ether oxygens (including phenoxy) is 2. The van der Waals surface area contributed by atoms with Crippen molar-refractivity contribution < 1.29 is 19.2 Å². The second-order valence-electron chi connectivity index (χ2n) is 5.71. The molecule has 3 rings (SSSR count). The number of nitrogens with zero attached hydrogens (tertiary/aromatic N) is 2. The first-order chi connectivity index (χ1) is 13.6. The lowest BCUT2D eigenvalue weighted by Crippen LogP contribution is -2.24. The third kappa shape index (κ3) is 4.24. The van der Waals surface area contributed by atoms with Gasteiger partial charge in [0.25, 0.3) is 5.91 Å². The molecule has 28 heavy (non-hydrogen) atoms. The molecule has 0 bridgehead atoms. The summed E-state index contributed by atoms with van der Waals surface area (Å²) in [4.78, 5) is 22.3. The fourth-order valence-corrected chi connectivity index (χ4v) is 2.66. The van der Waals surface area contributed by atoms with E-state index in [1.54, 1.807) is 13.2 Å². The number of nitro benzene ring substituents is 1. The second-order valence-corrected chi connectivity index (χ2v) is 5.71. The molecular weight excluding hydrogens is 362 g/mol. The van der Waals surface area contributed by atoms with Crippen LogP contribution >= 0.6 is 0 Å². The Labute approximate surface area is 160 Å². The minimum absolute atomic E-state index is 0.0161. The Bertz CT molecular complexity index is 1050. The number of para-hydroxylation sites is 2. The van der Waals surface area contributed by atoms with Crippen LogP contribution in [-0.4, -0.2) is 30.8 Å². The number of nitro groups is 1. The molecule has 8 heteroatoms. The van der Waals surface area contributed by atoms with Crippen molar-refractivity contribution >= 4 is 28.6 Å². The summed E-state index contributed by atoms with van der Waals surface area (Å²) in [6.45, 7) is -0.408. The monoisotopic (exact) mass is 379 g/mol. The van der Waals surface area contributed by atoms with Gasteiger partial charge < -0.3 is 9.47 Å². The van der Waals surface area contributed by atoms with Gasteiger partial charge in [-0.1, -0.05) is 42.5 Å². The molecule has 3 aromatic carbocycles. The standard InChI is InChI=1S/C20H17N3O5/c1-27-18-11-10-14-6-2-3-7-15(14)16(18)12-21-22-20(24)13-28-19-9-5-4-8-17(19)23(25)26/h2-12H,13H2,1H3,(H,22,24)/b21-12-. The summed E-state index contributed by atoms with van der Waals surface area (Å²) in [5.74, 6) is 0.0869. The quantitative estimate of drug-likeness (QED) is 0.385. The molecule has 0 atom stereocenters. The van der Waals surface area contributed by atoms with Crippen molar-refractivity contribution in [1.82, 2.24) is 5.43 Å². The number of fused-ring (bicyclic) bond motifs is 1. The van der Waals surface area contributed by atoms with E-state index in [0.717, 1.165) is 16.3 Å². The van der Waals surface area contributed by atoms with Gasteiger partial charge in [-0.25, -0.2) is 5.43 Å². The molecule has 3 aromatic rings. The van der Waals surface area contributed by atoms with E-state index >= 15 is 0 Å². The van der Waals surface area contributed by atoms with Gasteiger partial charge >= 0.3 is 5.69 Å². The highest BCUT2D eigenvalue weighted by molar-refractivity contribution is 6.02. The normalized spacial score (nSPS) is 10.8. The van der Waals surface area contributed by atoms with Gasteiger partial charge in [0.2, 0.25) is 0 Å². The van der Waals surface area contributed by atoms with Crippen molar-refractivity contribution in [3.05, 3.63) is 76.3 Å². The van der Waals surface area contributed by atoms with Crippen LogP contribution in [0.5, 0.6) is 11.5 Å². The number of carbonyl (C=O) groups excluding carboxylic acids is 1. The largest absolute Gasteiger partial charge is 0.496 e. The third-order valence-corrected chi connectivity index (χ3v) is 3.95. The summed E-state index contributed by atoms with van der Waals surface area (Å²) in [5.41, 5.74) is 2.86. The minimum Gasteiger partial charge on any atom is -0.496 e. The first-order valence-electron chi connectivity index (χ1n) is 8.34. The first-order valence-corrected chi connectivity index (χ1v) is 8.34. The van der Waals surface area contributed by atoms with Gasteiger partial charge in [-0.2, -0.15) is 5.10 Å². The number of methoxy groups -OCH3 is 1. The Morgan fingerprint density at radius 1 is 1.11 bits per heavy atom. The predicted molar refractivity (Wildman–Crippen MR) is 105 cm³/mol. The van der Waals surface area contributed by atoms with E-state index < -0.39 is 17.4 Å². The lowest BCUT2D eigenvalue weighted by Gasteiger charge is -2.08. The number of benzene rings is 3. The van der Waals surface area contributed by atoms with Crippen molar-refractivity contribution in [1.29, 1.82) is 0 Å². The molecule has 0 aromatic heterocycles. The molecule has 0 aliphatic heterocycles. The average molecular weight is 379 g/mol. The fraction of sp³-hybridized carbons (Fsp3) is 0.100. The molecular formula is C20H17N3O5. The van der Waals surface area contributed by atoms with Crippen LogP contribution in [0.1, 0.15) is 5.56 Å². The van der Waals surface area contributed by atoms with Crippen molar-refractivity contribution in [2.45, 2.75) is 0 Å². The van der Waals surface area contributed by atoms with Gasteiger partial charge in [0.05, 0.1) is 18.2 Å². The number of rotatable bonds is 7. The summed E-state index contributed by atoms with van der Waals surface area (Å²) >= 11 is 0. The molecule has 0 fully saturated rings. The smallest absolute Gasteiger partial charge is 0.310 e. The van der Waals surface area contributed by atoms with Gasteiger partial charge in [-0.15, -0.1) is 0 Å². The molecule has 1 N–H and O–H groups in total. The Morgan fingerprint density at radius 2 is 1.86 bits per heavy atom. The van der Waals surface area contributed by atoms with Crippen LogP contribution in [-0.2, 0) is 4.79 Å². The predicted octanol–water partition coefficient (Wildman–Crippen LogP) is 3.29. The second kappa shape index (κ2) is 8.63. The van der Waals surface area contributed by atoms with Gasteiger partial charge in [-0.05, 0) is 22.9 Å². The number of hydrogen-bond acceptors (Lipinski definition) is 6. The van der Waals surface area contributed by atoms with Crippen LogP contribution in [0.3, 0.4) is 0 Å². The molecule has 1 amide bonds. The topological polar surface area (TPSA) is 103 Å². The molecule has 0 heterocycles. The van der Waals surface area contributed by atoms with Crippen LogP contribution in [0.4, 0.5) is 5.69 Å². The van der Waals surface area contributed by atoms with Crippen LogP contribution in [0, 0.1) is 10.1 Å². The first kappa shape index (κ1) is 18.8. The maximum absolute atomic E-state index is 12.0. The van der Waals surface area contributed by atoms with Gasteiger partial charge in [-0.3, -0.25) is 14.9 Å². The molecule has 142 valence electrons. The molecule has 0 unspecified atom stereocenters. The molecule has 0 aliphatic rings. The third-order valence-electron chi connectivity index (χ3n) is 3.95. The Balaban J connectivity index is 1.68. The van der Waals surface area contributed by atoms with Crippen LogP contribution < -0.4 is 14.9 Å². The van der Waals surface area contributed by atoms with Crippen LogP contribution in [0.2, 0.25) is 0 Å². The summed E-state index contributed by atoms with van der Waals surface area (Å²) in [6, 6.07) is 17.3. The van der Waals surface area contributed by atoms with Crippen molar-refractivity contribution in [3.63, 3.8) is 0 Å². The Hall–Kier alpha value is -3.94. The number of nitrogens with one attached hydrogen (secondary N) is 1. The number of carbonyl (C=O) groups is 1. The van der Waals surface area contributed by atoms with E-state index in [1.165, 1.54) is 24.4 Å². The minimum atomic E-state index is -0.571. The molecule has 8 nitrogen and oxygen atoms in total. The maximum Gasteiger partial charge on any atom is 0.310 e. The summed E-state index contributed by atoms with van der Waals surface area (Å²) in [5, 5.41) is 16.8. The lowest BCUT2D eigenvalue weighted by molar-refractivity contribution is -0.385. The van der Waals surface area contributed by atoms with E-state index in [0.29, 0.717) is 5.75 Å². The highest BCUT2D eigenvalue weighted by Crippen LogP contribution is 2.27. The van der Waals surface area contributed by atoms with E-state index in [1.807, 2.05) is 36.4 Å². The Kier molecular flexibility index (Phi) is 5.81. The molecule has 0 spiro atoms. The van der Waals surface area contributed by atoms with Crippen molar-refractivity contribution in [2.24, 2.45) is 5.10 Å². The van der Waals surface area contributed by atoms with Crippen LogP contribution in [0.25, 0.3) is 10.8 Å². The zero-order chi connectivity index (χ0) is 19.9. The highest BCUT2D eigenvalue weighted by atomic mass is 16.6. The zero-order valence-electron chi connectivity index (χ0n) is 15.0. The summed E-state index contributed by atoms with van der Waals surface area (Å²) < 4.78 is 10.6. The SMILES string of the molecule is COc1ccc2ccccc2c1/C=N\NC(=O)COc1ccccc1[N+](=O)[O-]. The Morgan fingerprint density at radius 3 is 2.64 bits per heavy atom. The summed E-state index contributed by atoms with van der Waals surface area (Å²) in [7, 11) is 1.56. The number of hydrogen-bond donors (Lipinski definition) is 1. The van der Waals surface area contributed by atoms with Crippen molar-refractivity contribution in [2.75, 3.05) is 13.7 Å². The van der Waals surface area contributed by atoms with E-state index in [-0.39, 0.29) is 11.4 Å². The van der Waals surface area contributed by atoms with Crippen LogP contribution in [0.15, 0.2) is 65.8 Å². The molecule has 0 saturated heterocycles.